The van der Waals surface area contributed by atoms with E-state index in [4.69, 9.17) is 4.42 Å². The predicted molar refractivity (Wildman–Crippen MR) is 66.5 cm³/mol. The van der Waals surface area contributed by atoms with Crippen LogP contribution in [0.2, 0.25) is 0 Å². The minimum atomic E-state index is 0.722. The molecule has 1 heterocycles. The molecule has 0 atom stereocenters. The Morgan fingerprint density at radius 1 is 0.938 bits per heavy atom. The van der Waals surface area contributed by atoms with E-state index < -0.39 is 0 Å². The molecule has 0 fully saturated rings. The monoisotopic (exact) mass is 214 g/mol. The highest BCUT2D eigenvalue weighted by Crippen LogP contribution is 2.13. The molecule has 0 spiro atoms. The summed E-state index contributed by atoms with van der Waals surface area (Å²) in [6.45, 7) is 4.50. The van der Waals surface area contributed by atoms with Crippen LogP contribution in [0.3, 0.4) is 0 Å². The number of hydrogen-bond donors (Lipinski definition) is 0. The fourth-order valence-electron chi connectivity index (χ4n) is 1.89. The van der Waals surface area contributed by atoms with E-state index in [1.54, 1.807) is 6.26 Å². The Hall–Kier alpha value is -1.50. The molecule has 2 aromatic rings. The van der Waals surface area contributed by atoms with Crippen LogP contribution in [0.25, 0.3) is 0 Å². The van der Waals surface area contributed by atoms with Gasteiger partial charge in [-0.3, -0.25) is 0 Å². The van der Waals surface area contributed by atoms with Gasteiger partial charge in [0, 0.05) is 6.42 Å². The molecule has 0 saturated heterocycles. The Morgan fingerprint density at radius 3 is 2.19 bits per heavy atom. The largest absolute Gasteiger partial charge is 0.472 e. The topological polar surface area (TPSA) is 13.1 Å². The van der Waals surface area contributed by atoms with Crippen LogP contribution in [0.4, 0.5) is 0 Å². The molecule has 84 valence electrons. The fourth-order valence-corrected chi connectivity index (χ4v) is 1.89. The Balaban J connectivity index is 2.02. The highest BCUT2D eigenvalue weighted by molar-refractivity contribution is 5.27. The second-order valence-corrected chi connectivity index (χ2v) is 4.72. The van der Waals surface area contributed by atoms with Gasteiger partial charge in [-0.05, 0) is 35.1 Å². The van der Waals surface area contributed by atoms with Crippen LogP contribution in [0.15, 0.2) is 47.3 Å². The minimum Gasteiger partial charge on any atom is -0.472 e. The maximum absolute atomic E-state index is 5.06. The molecular weight excluding hydrogens is 196 g/mol. The Bertz CT molecular complexity index is 409. The summed E-state index contributed by atoms with van der Waals surface area (Å²) in [5.74, 6) is 0.722. The molecule has 1 aromatic heterocycles. The highest BCUT2D eigenvalue weighted by Gasteiger charge is 2.00. The second-order valence-electron chi connectivity index (χ2n) is 4.72. The van der Waals surface area contributed by atoms with E-state index in [1.165, 1.54) is 16.7 Å². The third-order valence-corrected chi connectivity index (χ3v) is 2.66. The normalized spacial score (nSPS) is 10.9. The molecule has 0 unspecified atom stereocenters. The summed E-state index contributed by atoms with van der Waals surface area (Å²) in [6.07, 6.45) is 5.65. The van der Waals surface area contributed by atoms with Gasteiger partial charge in [0.05, 0.1) is 12.5 Å². The molecule has 16 heavy (non-hydrogen) atoms. The van der Waals surface area contributed by atoms with Crippen molar-refractivity contribution in [3.63, 3.8) is 0 Å². The predicted octanol–water partition coefficient (Wildman–Crippen LogP) is 4.07. The van der Waals surface area contributed by atoms with E-state index in [0.717, 1.165) is 18.8 Å². The smallest absolute Gasteiger partial charge is 0.0937 e. The van der Waals surface area contributed by atoms with Crippen molar-refractivity contribution in [3.8, 4) is 0 Å². The third kappa shape index (κ3) is 2.99. The van der Waals surface area contributed by atoms with Gasteiger partial charge in [0.1, 0.15) is 0 Å². The van der Waals surface area contributed by atoms with Crippen molar-refractivity contribution in [3.05, 3.63) is 59.5 Å². The minimum absolute atomic E-state index is 0.722. The maximum Gasteiger partial charge on any atom is 0.0937 e. The van der Waals surface area contributed by atoms with E-state index in [2.05, 4.69) is 38.1 Å². The lowest BCUT2D eigenvalue weighted by Crippen LogP contribution is -1.94. The number of benzene rings is 1. The first kappa shape index (κ1) is 11.0. The molecule has 0 saturated carbocycles. The first-order valence-electron chi connectivity index (χ1n) is 5.83. The van der Waals surface area contributed by atoms with Crippen molar-refractivity contribution in [2.45, 2.75) is 26.7 Å². The van der Waals surface area contributed by atoms with E-state index in [9.17, 15) is 0 Å². The van der Waals surface area contributed by atoms with Gasteiger partial charge in [0.2, 0.25) is 0 Å². The van der Waals surface area contributed by atoms with E-state index in [-0.39, 0.29) is 0 Å². The summed E-state index contributed by atoms with van der Waals surface area (Å²) in [5, 5.41) is 0. The van der Waals surface area contributed by atoms with Gasteiger partial charge < -0.3 is 4.42 Å². The first-order chi connectivity index (χ1) is 7.74. The lowest BCUT2D eigenvalue weighted by molar-refractivity contribution is 0.564. The molecular formula is C15H18O. The van der Waals surface area contributed by atoms with Gasteiger partial charge in [0.25, 0.3) is 0 Å². The molecule has 0 amide bonds. The lowest BCUT2D eigenvalue weighted by atomic mass is 10.00. The molecule has 0 N–H and O–H groups in total. The van der Waals surface area contributed by atoms with Crippen LogP contribution in [0.5, 0.6) is 0 Å². The third-order valence-electron chi connectivity index (χ3n) is 2.66. The summed E-state index contributed by atoms with van der Waals surface area (Å²) in [5.41, 5.74) is 4.00. The maximum atomic E-state index is 5.06. The van der Waals surface area contributed by atoms with Gasteiger partial charge in [-0.2, -0.15) is 0 Å². The molecule has 1 nitrogen and oxygen atoms in total. The number of rotatable bonds is 4. The van der Waals surface area contributed by atoms with Gasteiger partial charge >= 0.3 is 0 Å². The van der Waals surface area contributed by atoms with Gasteiger partial charge in [-0.15, -0.1) is 0 Å². The van der Waals surface area contributed by atoms with Crippen LogP contribution < -0.4 is 0 Å². The number of hydrogen-bond acceptors (Lipinski definition) is 1. The van der Waals surface area contributed by atoms with E-state index in [1.807, 2.05) is 12.3 Å². The van der Waals surface area contributed by atoms with Gasteiger partial charge in [-0.1, -0.05) is 38.1 Å². The highest BCUT2D eigenvalue weighted by atomic mass is 16.3. The molecule has 0 bridgehead atoms. The van der Waals surface area contributed by atoms with E-state index in [0.29, 0.717) is 0 Å². The molecule has 0 aliphatic heterocycles. The van der Waals surface area contributed by atoms with Crippen molar-refractivity contribution in [1.82, 2.24) is 0 Å². The van der Waals surface area contributed by atoms with Crippen molar-refractivity contribution < 1.29 is 4.42 Å². The number of furan rings is 1. The summed E-state index contributed by atoms with van der Waals surface area (Å²) in [4.78, 5) is 0. The van der Waals surface area contributed by atoms with Crippen LogP contribution in [0.1, 0.15) is 30.5 Å². The van der Waals surface area contributed by atoms with Gasteiger partial charge in [0.15, 0.2) is 0 Å². The average molecular weight is 214 g/mol. The zero-order valence-corrected chi connectivity index (χ0v) is 9.94. The van der Waals surface area contributed by atoms with Crippen molar-refractivity contribution in [1.29, 1.82) is 0 Å². The quantitative estimate of drug-likeness (QED) is 0.747. The first-order valence-corrected chi connectivity index (χ1v) is 5.83. The fraction of sp³-hybridized carbons (Fsp3) is 0.333. The summed E-state index contributed by atoms with van der Waals surface area (Å²) < 4.78 is 5.06. The van der Waals surface area contributed by atoms with Crippen LogP contribution in [-0.4, -0.2) is 0 Å². The Kier molecular flexibility index (Phi) is 3.45. The molecule has 1 aromatic carbocycles. The van der Waals surface area contributed by atoms with Gasteiger partial charge in [-0.25, -0.2) is 0 Å². The molecule has 1 heteroatoms. The SMILES string of the molecule is CC(C)Cc1ccc(Cc2ccoc2)cc1. The lowest BCUT2D eigenvalue weighted by Gasteiger charge is -2.05. The van der Waals surface area contributed by atoms with Crippen molar-refractivity contribution in [2.24, 2.45) is 5.92 Å². The standard InChI is InChI=1S/C15H18O/c1-12(2)9-13-3-5-14(6-4-13)10-15-7-8-16-11-15/h3-8,11-12H,9-10H2,1-2H3. The second kappa shape index (κ2) is 5.02. The summed E-state index contributed by atoms with van der Waals surface area (Å²) in [6, 6.07) is 10.9. The van der Waals surface area contributed by atoms with E-state index >= 15 is 0 Å². The van der Waals surface area contributed by atoms with Crippen molar-refractivity contribution >= 4 is 0 Å². The molecule has 2 rings (SSSR count). The Labute approximate surface area is 97.1 Å². The Morgan fingerprint density at radius 2 is 1.62 bits per heavy atom. The zero-order chi connectivity index (χ0) is 11.4. The average Bonchev–Trinajstić information content (AvgIpc) is 2.73. The van der Waals surface area contributed by atoms with Crippen molar-refractivity contribution in [2.75, 3.05) is 0 Å². The molecule has 0 radical (unpaired) electrons. The van der Waals surface area contributed by atoms with Crippen LogP contribution in [0, 0.1) is 5.92 Å². The summed E-state index contributed by atoms with van der Waals surface area (Å²) >= 11 is 0. The van der Waals surface area contributed by atoms with Crippen LogP contribution >= 0.6 is 0 Å². The van der Waals surface area contributed by atoms with Crippen LogP contribution in [-0.2, 0) is 12.8 Å². The summed E-state index contributed by atoms with van der Waals surface area (Å²) in [7, 11) is 0. The molecule has 0 aliphatic rings. The molecule has 0 aliphatic carbocycles. The zero-order valence-electron chi connectivity index (χ0n) is 9.94.